The van der Waals surface area contributed by atoms with Crippen molar-refractivity contribution in [3.8, 4) is 0 Å². The van der Waals surface area contributed by atoms with E-state index in [1.807, 2.05) is 36.4 Å². The van der Waals surface area contributed by atoms with Gasteiger partial charge in [-0.2, -0.15) is 0 Å². The summed E-state index contributed by atoms with van der Waals surface area (Å²) >= 11 is 3.37. The highest BCUT2D eigenvalue weighted by Crippen LogP contribution is 2.31. The first-order valence-electron chi connectivity index (χ1n) is 8.33. The summed E-state index contributed by atoms with van der Waals surface area (Å²) in [6.45, 7) is 2.06. The molecule has 1 aliphatic carbocycles. The molecule has 2 atom stereocenters. The molecule has 4 nitrogen and oxygen atoms in total. The lowest BCUT2D eigenvalue weighted by atomic mass is 10.0. The molecule has 0 saturated carbocycles. The lowest BCUT2D eigenvalue weighted by Crippen LogP contribution is -2.50. The zero-order valence-corrected chi connectivity index (χ0v) is 15.9. The van der Waals surface area contributed by atoms with E-state index in [0.29, 0.717) is 17.5 Å². The smallest absolute Gasteiger partial charge is 0.375 e. The molecule has 1 amide bonds. The van der Waals surface area contributed by atoms with Gasteiger partial charge in [-0.3, -0.25) is 4.90 Å². The van der Waals surface area contributed by atoms with Gasteiger partial charge in [0.05, 0.1) is 25.3 Å². The maximum absolute atomic E-state index is 12.5. The minimum atomic E-state index is -5.02. The molecule has 0 radical (unpaired) electrons. The summed E-state index contributed by atoms with van der Waals surface area (Å²) in [7, 11) is 0. The van der Waals surface area contributed by atoms with Crippen molar-refractivity contribution >= 4 is 22.0 Å². The number of hydrogen-bond donors (Lipinski definition) is 0. The summed E-state index contributed by atoms with van der Waals surface area (Å²) in [6.07, 6.45) is -2.39. The van der Waals surface area contributed by atoms with Crippen LogP contribution in [0.25, 0.3) is 0 Å². The molecule has 26 heavy (non-hydrogen) atoms. The molecule has 8 heteroatoms. The van der Waals surface area contributed by atoms with Gasteiger partial charge in [0.25, 0.3) is 0 Å². The van der Waals surface area contributed by atoms with Crippen LogP contribution < -0.4 is 0 Å². The van der Waals surface area contributed by atoms with Crippen molar-refractivity contribution in [3.63, 3.8) is 0 Å². The van der Waals surface area contributed by atoms with E-state index in [4.69, 9.17) is 4.74 Å². The number of allylic oxidation sites excluding steroid dienone is 1. The Morgan fingerprint density at radius 3 is 2.65 bits per heavy atom. The van der Waals surface area contributed by atoms with E-state index >= 15 is 0 Å². The topological polar surface area (TPSA) is 38.8 Å². The second kappa shape index (κ2) is 9.41. The molecule has 144 valence electrons. The van der Waals surface area contributed by atoms with Crippen LogP contribution in [0.15, 0.2) is 40.9 Å². The highest BCUT2D eigenvalue weighted by atomic mass is 79.9. The van der Waals surface area contributed by atoms with E-state index in [9.17, 15) is 18.0 Å². The lowest BCUT2D eigenvalue weighted by molar-refractivity contribution is -0.295. The Hall–Kier alpha value is -1.54. The molecule has 0 spiro atoms. The van der Waals surface area contributed by atoms with Crippen LogP contribution in [0, 0.1) is 0 Å². The quantitative estimate of drug-likeness (QED) is 0.601. The lowest BCUT2D eigenvalue weighted by Gasteiger charge is -2.37. The number of carbonyl (C=O) groups is 1. The maximum atomic E-state index is 12.5. The molecule has 1 aliphatic rings. The zero-order chi connectivity index (χ0) is 19.2. The van der Waals surface area contributed by atoms with Gasteiger partial charge in [0, 0.05) is 4.48 Å². The predicted molar refractivity (Wildman–Crippen MR) is 94.6 cm³/mol. The van der Waals surface area contributed by atoms with Gasteiger partial charge < -0.3 is 9.47 Å². The monoisotopic (exact) mass is 435 g/mol. The Balaban J connectivity index is 2.05. The number of carbonyl (C=O) groups excluding carboxylic acids is 1. The van der Waals surface area contributed by atoms with Crippen LogP contribution in [-0.2, 0) is 16.1 Å². The van der Waals surface area contributed by atoms with Gasteiger partial charge in [-0.15, -0.1) is 13.2 Å². The highest BCUT2D eigenvalue weighted by molar-refractivity contribution is 9.11. The van der Waals surface area contributed by atoms with E-state index in [2.05, 4.69) is 20.7 Å². The van der Waals surface area contributed by atoms with Crippen LogP contribution in [0.2, 0.25) is 0 Å². The predicted octanol–water partition coefficient (Wildman–Crippen LogP) is 5.38. The molecule has 0 saturated heterocycles. The minimum Gasteiger partial charge on any atom is -0.375 e. The Kier molecular flexibility index (Phi) is 7.52. The van der Waals surface area contributed by atoms with Crippen molar-refractivity contribution in [1.82, 2.24) is 4.90 Å². The van der Waals surface area contributed by atoms with Crippen molar-refractivity contribution < 1.29 is 27.4 Å². The van der Waals surface area contributed by atoms with Crippen molar-refractivity contribution in [2.75, 3.05) is 6.61 Å². The summed E-state index contributed by atoms with van der Waals surface area (Å²) in [5.41, 5.74) is 0.947. The Morgan fingerprint density at radius 1 is 1.35 bits per heavy atom. The summed E-state index contributed by atoms with van der Waals surface area (Å²) in [6, 6.07) is 8.33. The molecule has 2 rings (SSSR count). The number of alkyl halides is 3. The third-order valence-corrected chi connectivity index (χ3v) is 4.89. The van der Waals surface area contributed by atoms with Gasteiger partial charge in [0.2, 0.25) is 0 Å². The van der Waals surface area contributed by atoms with Crippen LogP contribution in [0.4, 0.5) is 18.0 Å². The zero-order valence-electron chi connectivity index (χ0n) is 14.3. The summed E-state index contributed by atoms with van der Waals surface area (Å²) in [4.78, 5) is 13.3. The average Bonchev–Trinajstić information content (AvgIpc) is 2.56. The van der Waals surface area contributed by atoms with Crippen LogP contribution >= 0.6 is 15.9 Å². The summed E-state index contributed by atoms with van der Waals surface area (Å²) < 4.78 is 47.6. The van der Waals surface area contributed by atoms with Crippen LogP contribution in [0.1, 0.15) is 31.7 Å². The van der Waals surface area contributed by atoms with Crippen molar-refractivity contribution in [2.24, 2.45) is 0 Å². The third kappa shape index (κ3) is 6.32. The number of nitrogens with zero attached hydrogens (tertiary/aromatic N) is 1. The minimum absolute atomic E-state index is 0.0959. The summed E-state index contributed by atoms with van der Waals surface area (Å²) in [5, 5.41) is 0. The van der Waals surface area contributed by atoms with E-state index < -0.39 is 24.5 Å². The first-order chi connectivity index (χ1) is 12.3. The number of ether oxygens (including phenoxy) is 2. The van der Waals surface area contributed by atoms with Gasteiger partial charge in [-0.1, -0.05) is 52.3 Å². The van der Waals surface area contributed by atoms with Crippen molar-refractivity contribution in [3.05, 3.63) is 46.5 Å². The first kappa shape index (κ1) is 20.8. The fourth-order valence-electron chi connectivity index (χ4n) is 2.86. The van der Waals surface area contributed by atoms with Crippen LogP contribution in [-0.4, -0.2) is 36.0 Å². The molecular formula is C18H21BrF3NO3. The molecule has 0 heterocycles. The summed E-state index contributed by atoms with van der Waals surface area (Å²) in [5.74, 6) is 0. The van der Waals surface area contributed by atoms with Gasteiger partial charge in [0.15, 0.2) is 0 Å². The fourth-order valence-corrected chi connectivity index (χ4v) is 3.54. The van der Waals surface area contributed by atoms with Gasteiger partial charge in [-0.05, 0) is 31.7 Å². The Labute approximate surface area is 159 Å². The van der Waals surface area contributed by atoms with Crippen LogP contribution in [0.5, 0.6) is 0 Å². The molecule has 0 bridgehead atoms. The van der Waals surface area contributed by atoms with E-state index in [1.165, 1.54) is 0 Å². The van der Waals surface area contributed by atoms with Crippen molar-refractivity contribution in [1.29, 1.82) is 0 Å². The number of halogens is 4. The molecule has 1 aromatic carbocycles. The molecule has 0 N–H and O–H groups in total. The molecule has 1 aromatic rings. The van der Waals surface area contributed by atoms with Gasteiger partial charge in [0.1, 0.15) is 0 Å². The van der Waals surface area contributed by atoms with Gasteiger partial charge in [-0.25, -0.2) is 4.79 Å². The standard InChI is InChI=1S/C18H21BrF3NO3/c1-13(11-25-12-14-7-3-2-4-8-14)23(17(24)26-18(20,21)22)16-10-6-5-9-15(16)19/h2-4,7-9,13,16H,5-6,10-12H2,1H3/t13-,16-/m0/s1. The number of benzene rings is 1. The molecule has 0 aromatic heterocycles. The normalized spacial score (nSPS) is 18.8. The molecule has 0 fully saturated rings. The Bertz CT molecular complexity index is 622. The van der Waals surface area contributed by atoms with Crippen LogP contribution in [0.3, 0.4) is 0 Å². The largest absolute Gasteiger partial charge is 0.576 e. The fraction of sp³-hybridized carbons (Fsp3) is 0.500. The van der Waals surface area contributed by atoms with Crippen molar-refractivity contribution in [2.45, 2.75) is 51.2 Å². The van der Waals surface area contributed by atoms with E-state index in [0.717, 1.165) is 23.3 Å². The second-order valence-electron chi connectivity index (χ2n) is 6.11. The molecule has 0 aliphatic heterocycles. The first-order valence-corrected chi connectivity index (χ1v) is 9.12. The number of rotatable bonds is 6. The van der Waals surface area contributed by atoms with E-state index in [-0.39, 0.29) is 6.61 Å². The maximum Gasteiger partial charge on any atom is 0.576 e. The van der Waals surface area contributed by atoms with Gasteiger partial charge >= 0.3 is 12.5 Å². The average molecular weight is 436 g/mol. The SMILES string of the molecule is C[C@@H](COCc1ccccc1)N(C(=O)OC(F)(F)F)[C@H]1CCCC=C1Br. The third-order valence-electron chi connectivity index (χ3n) is 4.03. The highest BCUT2D eigenvalue weighted by Gasteiger charge is 2.40. The Morgan fingerprint density at radius 2 is 2.04 bits per heavy atom. The van der Waals surface area contributed by atoms with E-state index in [1.54, 1.807) is 6.92 Å². The second-order valence-corrected chi connectivity index (χ2v) is 7.02. The molecule has 0 unspecified atom stereocenters. The number of amides is 1. The number of hydrogen-bond acceptors (Lipinski definition) is 3. The molecular weight excluding hydrogens is 415 g/mol.